The molecule has 7 heteroatoms. The zero-order chi connectivity index (χ0) is 25.1. The highest BCUT2D eigenvalue weighted by Crippen LogP contribution is 2.27. The average molecular weight is 499 g/mol. The molecule has 3 aromatic carbocycles. The third kappa shape index (κ3) is 4.90. The van der Waals surface area contributed by atoms with Crippen molar-refractivity contribution in [2.45, 2.75) is 38.9 Å². The van der Waals surface area contributed by atoms with Crippen LogP contribution >= 0.6 is 11.6 Å². The number of amides is 1. The normalized spacial score (nSPS) is 12.2. The van der Waals surface area contributed by atoms with E-state index in [-0.39, 0.29) is 24.1 Å². The molecule has 0 spiro atoms. The monoisotopic (exact) mass is 498 g/mol. The van der Waals surface area contributed by atoms with E-state index in [0.717, 1.165) is 40.3 Å². The van der Waals surface area contributed by atoms with Crippen LogP contribution in [0.2, 0.25) is 5.02 Å². The van der Waals surface area contributed by atoms with E-state index >= 15 is 0 Å². The molecule has 182 valence electrons. The molecule has 0 aliphatic heterocycles. The van der Waals surface area contributed by atoms with Crippen molar-refractivity contribution in [1.82, 2.24) is 19.7 Å². The topological polar surface area (TPSA) is 68.9 Å². The van der Waals surface area contributed by atoms with E-state index in [9.17, 15) is 9.59 Å². The average Bonchev–Trinajstić information content (AvgIpc) is 3.20. The molecule has 36 heavy (non-hydrogen) atoms. The summed E-state index contributed by atoms with van der Waals surface area (Å²) in [5, 5.41) is 9.78. The Balaban J connectivity index is 1.46. The van der Waals surface area contributed by atoms with Gasteiger partial charge < -0.3 is 9.88 Å². The smallest absolute Gasteiger partial charge is 0.291 e. The number of carbonyl (C=O) groups excluding carboxylic acids is 1. The van der Waals surface area contributed by atoms with Crippen molar-refractivity contribution in [1.29, 1.82) is 0 Å². The zero-order valence-corrected chi connectivity index (χ0v) is 20.8. The Bertz CT molecular complexity index is 1590. The number of aromatic nitrogens is 3. The summed E-state index contributed by atoms with van der Waals surface area (Å²) in [6, 6.07) is 25.5. The van der Waals surface area contributed by atoms with Crippen LogP contribution < -0.4 is 10.9 Å². The lowest BCUT2D eigenvalue weighted by molar-refractivity contribution is -0.122. The van der Waals surface area contributed by atoms with Crippen LogP contribution in [0.15, 0.2) is 89.9 Å². The van der Waals surface area contributed by atoms with Crippen LogP contribution in [-0.2, 0) is 24.3 Å². The maximum atomic E-state index is 13.6. The van der Waals surface area contributed by atoms with Crippen molar-refractivity contribution in [3.05, 3.63) is 112 Å². The van der Waals surface area contributed by atoms with Crippen molar-refractivity contribution in [3.63, 3.8) is 0 Å². The summed E-state index contributed by atoms with van der Waals surface area (Å²) in [5.74, 6) is -0.232. The maximum Gasteiger partial charge on any atom is 0.291 e. The second kappa shape index (κ2) is 10.4. The molecular weight excluding hydrogens is 472 g/mol. The van der Waals surface area contributed by atoms with Crippen molar-refractivity contribution < 1.29 is 4.79 Å². The Kier molecular flexibility index (Phi) is 6.87. The quantitative estimate of drug-likeness (QED) is 0.320. The second-order valence-electron chi connectivity index (χ2n) is 8.97. The Morgan fingerprint density at radius 1 is 0.972 bits per heavy atom. The van der Waals surface area contributed by atoms with Crippen LogP contribution in [0, 0.1) is 0 Å². The predicted octanol–water partition coefficient (Wildman–Crippen LogP) is 5.19. The zero-order valence-electron chi connectivity index (χ0n) is 20.0. The SMILES string of the molecule is CC[C@@H](Cc1ccccc1)NC(=O)Cn1ncc2c3ccccc3n(Cc3cccc(Cl)c3)c2c1=O. The molecule has 2 heterocycles. The molecule has 5 aromatic rings. The fourth-order valence-electron chi connectivity index (χ4n) is 4.69. The van der Waals surface area contributed by atoms with Gasteiger partial charge in [-0.05, 0) is 42.2 Å². The van der Waals surface area contributed by atoms with E-state index in [1.165, 1.54) is 4.68 Å². The number of nitrogens with one attached hydrogen (secondary N) is 1. The van der Waals surface area contributed by atoms with Gasteiger partial charge in [-0.25, -0.2) is 4.68 Å². The summed E-state index contributed by atoms with van der Waals surface area (Å²) in [6.45, 7) is 2.38. The molecule has 2 aromatic heterocycles. The van der Waals surface area contributed by atoms with Crippen molar-refractivity contribution in [2.75, 3.05) is 0 Å². The molecule has 0 unspecified atom stereocenters. The summed E-state index contributed by atoms with van der Waals surface area (Å²) in [4.78, 5) is 26.5. The lowest BCUT2D eigenvalue weighted by Gasteiger charge is -2.17. The molecule has 0 fully saturated rings. The molecule has 0 bridgehead atoms. The van der Waals surface area contributed by atoms with E-state index < -0.39 is 0 Å². The molecule has 0 saturated carbocycles. The minimum absolute atomic E-state index is 0.0198. The van der Waals surface area contributed by atoms with Gasteiger partial charge in [-0.15, -0.1) is 0 Å². The molecule has 5 rings (SSSR count). The largest absolute Gasteiger partial charge is 0.351 e. The van der Waals surface area contributed by atoms with E-state index in [1.54, 1.807) is 6.20 Å². The Hall–Kier alpha value is -3.90. The number of benzene rings is 3. The van der Waals surface area contributed by atoms with Gasteiger partial charge in [-0.1, -0.05) is 79.2 Å². The van der Waals surface area contributed by atoms with E-state index in [1.807, 2.05) is 90.4 Å². The number of halogens is 1. The van der Waals surface area contributed by atoms with Crippen molar-refractivity contribution in [3.8, 4) is 0 Å². The minimum atomic E-state index is -0.294. The summed E-state index contributed by atoms with van der Waals surface area (Å²) < 4.78 is 3.24. The Morgan fingerprint density at radius 2 is 1.72 bits per heavy atom. The number of para-hydroxylation sites is 1. The van der Waals surface area contributed by atoms with Gasteiger partial charge in [0.2, 0.25) is 5.91 Å². The third-order valence-corrected chi connectivity index (χ3v) is 6.71. The summed E-state index contributed by atoms with van der Waals surface area (Å²) in [5.41, 5.74) is 3.30. The van der Waals surface area contributed by atoms with Crippen LogP contribution in [0.25, 0.3) is 21.8 Å². The number of nitrogens with zero attached hydrogens (tertiary/aromatic N) is 3. The van der Waals surface area contributed by atoms with Gasteiger partial charge in [-0.3, -0.25) is 9.59 Å². The number of hydrogen-bond donors (Lipinski definition) is 1. The molecule has 6 nitrogen and oxygen atoms in total. The standard InChI is InChI=1S/C29H27ClN4O2/c1-2-23(16-20-9-4-3-5-10-20)32-27(35)19-34-29(36)28-25(17-31-34)24-13-6-7-14-26(24)33(28)18-21-11-8-12-22(30)15-21/h3-15,17,23H,2,16,18-19H2,1H3,(H,32,35)/t23-/m0/s1. The molecular formula is C29H27ClN4O2. The summed E-state index contributed by atoms with van der Waals surface area (Å²) in [6.07, 6.45) is 3.20. The first kappa shape index (κ1) is 23.8. The van der Waals surface area contributed by atoms with Crippen molar-refractivity contribution in [2.24, 2.45) is 0 Å². The fraction of sp³-hybridized carbons (Fsp3) is 0.207. The van der Waals surface area contributed by atoms with E-state index in [4.69, 9.17) is 11.6 Å². The molecule has 1 amide bonds. The van der Waals surface area contributed by atoms with Gasteiger partial charge in [0.25, 0.3) is 5.56 Å². The van der Waals surface area contributed by atoms with E-state index in [2.05, 4.69) is 10.4 Å². The Labute approximate surface area is 214 Å². The van der Waals surface area contributed by atoms with Crippen LogP contribution in [0.5, 0.6) is 0 Å². The number of rotatable bonds is 8. The molecule has 1 atom stereocenters. The van der Waals surface area contributed by atoms with Gasteiger partial charge in [-0.2, -0.15) is 5.10 Å². The van der Waals surface area contributed by atoms with Crippen LogP contribution in [0.4, 0.5) is 0 Å². The van der Waals surface area contributed by atoms with Crippen LogP contribution in [-0.4, -0.2) is 26.3 Å². The first-order chi connectivity index (χ1) is 17.5. The highest BCUT2D eigenvalue weighted by Gasteiger charge is 2.18. The lowest BCUT2D eigenvalue weighted by Crippen LogP contribution is -2.40. The molecule has 0 saturated heterocycles. The van der Waals surface area contributed by atoms with E-state index in [0.29, 0.717) is 17.1 Å². The summed E-state index contributed by atoms with van der Waals surface area (Å²) >= 11 is 6.21. The van der Waals surface area contributed by atoms with Gasteiger partial charge >= 0.3 is 0 Å². The number of fused-ring (bicyclic) bond motifs is 3. The molecule has 0 aliphatic carbocycles. The van der Waals surface area contributed by atoms with Crippen LogP contribution in [0.3, 0.4) is 0 Å². The van der Waals surface area contributed by atoms with Gasteiger partial charge in [0, 0.05) is 33.9 Å². The number of carbonyl (C=O) groups is 1. The van der Waals surface area contributed by atoms with Crippen molar-refractivity contribution >= 4 is 39.3 Å². The highest BCUT2D eigenvalue weighted by atomic mass is 35.5. The summed E-state index contributed by atoms with van der Waals surface area (Å²) in [7, 11) is 0. The minimum Gasteiger partial charge on any atom is -0.351 e. The van der Waals surface area contributed by atoms with Crippen LogP contribution in [0.1, 0.15) is 24.5 Å². The highest BCUT2D eigenvalue weighted by molar-refractivity contribution is 6.30. The maximum absolute atomic E-state index is 13.6. The molecule has 0 aliphatic rings. The lowest BCUT2D eigenvalue weighted by atomic mass is 10.0. The third-order valence-electron chi connectivity index (χ3n) is 6.48. The Morgan fingerprint density at radius 3 is 2.50 bits per heavy atom. The predicted molar refractivity (Wildman–Crippen MR) is 144 cm³/mol. The first-order valence-electron chi connectivity index (χ1n) is 12.1. The molecule has 1 N–H and O–H groups in total. The molecule has 0 radical (unpaired) electrons. The second-order valence-corrected chi connectivity index (χ2v) is 9.40. The van der Waals surface area contributed by atoms with Gasteiger partial charge in [0.05, 0.1) is 6.20 Å². The van der Waals surface area contributed by atoms with Gasteiger partial charge in [0.1, 0.15) is 12.1 Å². The fourth-order valence-corrected chi connectivity index (χ4v) is 4.91. The van der Waals surface area contributed by atoms with Gasteiger partial charge in [0.15, 0.2) is 0 Å². The first-order valence-corrected chi connectivity index (χ1v) is 12.5. The number of hydrogen-bond acceptors (Lipinski definition) is 3.